The molecule has 0 spiro atoms. The molecule has 0 aromatic heterocycles. The summed E-state index contributed by atoms with van der Waals surface area (Å²) in [6, 6.07) is 13.2. The van der Waals surface area contributed by atoms with Gasteiger partial charge in [0.1, 0.15) is 0 Å². The molecule has 1 atom stereocenters. The van der Waals surface area contributed by atoms with Crippen molar-refractivity contribution in [3.05, 3.63) is 58.6 Å². The molecular weight excluding hydrogens is 262 g/mol. The first kappa shape index (κ1) is 13.7. The minimum atomic E-state index is -0.251. The van der Waals surface area contributed by atoms with Gasteiger partial charge >= 0.3 is 0 Å². The monoisotopic (exact) mass is 277 g/mol. The highest BCUT2D eigenvalue weighted by molar-refractivity contribution is 6.32. The van der Waals surface area contributed by atoms with Crippen molar-refractivity contribution in [1.29, 1.82) is 0 Å². The zero-order valence-electron chi connectivity index (χ0n) is 10.9. The van der Waals surface area contributed by atoms with Crippen LogP contribution >= 0.6 is 11.6 Å². The van der Waals surface area contributed by atoms with Crippen molar-refractivity contribution in [2.24, 2.45) is 5.73 Å². The number of rotatable bonds is 4. The second kappa shape index (κ2) is 5.95. The van der Waals surface area contributed by atoms with Crippen LogP contribution in [0, 0.1) is 0 Å². The lowest BCUT2D eigenvalue weighted by Crippen LogP contribution is -2.12. The van der Waals surface area contributed by atoms with Gasteiger partial charge in [0.2, 0.25) is 0 Å². The van der Waals surface area contributed by atoms with E-state index in [0.29, 0.717) is 16.5 Å². The Hall–Kier alpha value is -1.71. The zero-order valence-corrected chi connectivity index (χ0v) is 11.6. The normalized spacial score (nSPS) is 12.0. The third-order valence-electron chi connectivity index (χ3n) is 2.97. The molecule has 0 radical (unpaired) electrons. The van der Waals surface area contributed by atoms with Crippen LogP contribution < -0.4 is 15.2 Å². The standard InChI is InChI=1S/C15H16ClNO2/c1-18-13-9-11(8-12(16)15(13)19-2)14(17)10-6-4-3-5-7-10/h3-9,14H,17H2,1-2H3. The predicted molar refractivity (Wildman–Crippen MR) is 77.0 cm³/mol. The molecule has 3 nitrogen and oxygen atoms in total. The Labute approximate surface area is 117 Å². The van der Waals surface area contributed by atoms with Gasteiger partial charge in [-0.25, -0.2) is 0 Å². The largest absolute Gasteiger partial charge is 0.493 e. The van der Waals surface area contributed by atoms with Gasteiger partial charge in [0.05, 0.1) is 25.3 Å². The van der Waals surface area contributed by atoms with Crippen molar-refractivity contribution >= 4 is 11.6 Å². The minimum Gasteiger partial charge on any atom is -0.493 e. The Kier molecular flexibility index (Phi) is 4.30. The number of methoxy groups -OCH3 is 2. The van der Waals surface area contributed by atoms with E-state index >= 15 is 0 Å². The van der Waals surface area contributed by atoms with Crippen LogP contribution in [0.5, 0.6) is 11.5 Å². The van der Waals surface area contributed by atoms with Crippen LogP contribution in [0.1, 0.15) is 17.2 Å². The van der Waals surface area contributed by atoms with Gasteiger partial charge in [0.25, 0.3) is 0 Å². The van der Waals surface area contributed by atoms with E-state index in [1.807, 2.05) is 36.4 Å². The summed E-state index contributed by atoms with van der Waals surface area (Å²) in [5.74, 6) is 1.10. The van der Waals surface area contributed by atoms with Crippen molar-refractivity contribution in [2.75, 3.05) is 14.2 Å². The van der Waals surface area contributed by atoms with Crippen LogP contribution in [0.2, 0.25) is 5.02 Å². The maximum Gasteiger partial charge on any atom is 0.179 e. The molecule has 4 heteroatoms. The van der Waals surface area contributed by atoms with Crippen LogP contribution in [0.15, 0.2) is 42.5 Å². The molecule has 100 valence electrons. The summed E-state index contributed by atoms with van der Waals surface area (Å²) < 4.78 is 10.5. The molecule has 0 heterocycles. The Balaban J connectivity index is 2.43. The van der Waals surface area contributed by atoms with E-state index in [0.717, 1.165) is 11.1 Å². The van der Waals surface area contributed by atoms with E-state index in [4.69, 9.17) is 26.8 Å². The minimum absolute atomic E-state index is 0.251. The van der Waals surface area contributed by atoms with Gasteiger partial charge in [0, 0.05) is 0 Å². The van der Waals surface area contributed by atoms with E-state index in [2.05, 4.69) is 0 Å². The first-order chi connectivity index (χ1) is 9.17. The topological polar surface area (TPSA) is 44.5 Å². The van der Waals surface area contributed by atoms with Crippen LogP contribution in [0.3, 0.4) is 0 Å². The molecule has 0 saturated heterocycles. The highest BCUT2D eigenvalue weighted by Crippen LogP contribution is 2.38. The predicted octanol–water partition coefficient (Wildman–Crippen LogP) is 3.41. The number of hydrogen-bond acceptors (Lipinski definition) is 3. The maximum absolute atomic E-state index is 6.25. The van der Waals surface area contributed by atoms with Crippen LogP contribution in [-0.2, 0) is 0 Å². The second-order valence-electron chi connectivity index (χ2n) is 4.13. The van der Waals surface area contributed by atoms with Gasteiger partial charge in [-0.1, -0.05) is 41.9 Å². The second-order valence-corrected chi connectivity index (χ2v) is 4.53. The number of ether oxygens (including phenoxy) is 2. The number of benzene rings is 2. The van der Waals surface area contributed by atoms with Crippen LogP contribution in [-0.4, -0.2) is 14.2 Å². The smallest absolute Gasteiger partial charge is 0.179 e. The third kappa shape index (κ3) is 2.83. The van der Waals surface area contributed by atoms with Crippen molar-refractivity contribution in [2.45, 2.75) is 6.04 Å². The van der Waals surface area contributed by atoms with Gasteiger partial charge < -0.3 is 15.2 Å². The summed E-state index contributed by atoms with van der Waals surface area (Å²) in [5, 5.41) is 0.489. The Morgan fingerprint density at radius 2 is 1.68 bits per heavy atom. The molecule has 19 heavy (non-hydrogen) atoms. The fourth-order valence-electron chi connectivity index (χ4n) is 1.97. The highest BCUT2D eigenvalue weighted by atomic mass is 35.5. The fraction of sp³-hybridized carbons (Fsp3) is 0.200. The first-order valence-electron chi connectivity index (χ1n) is 5.89. The molecule has 0 bridgehead atoms. The molecular formula is C15H16ClNO2. The molecule has 0 aliphatic rings. The first-order valence-corrected chi connectivity index (χ1v) is 6.27. The lowest BCUT2D eigenvalue weighted by atomic mass is 9.99. The summed E-state index contributed by atoms with van der Waals surface area (Å²) in [7, 11) is 3.13. The Morgan fingerprint density at radius 1 is 1.00 bits per heavy atom. The van der Waals surface area contributed by atoms with Crippen molar-refractivity contribution in [3.8, 4) is 11.5 Å². The van der Waals surface area contributed by atoms with Gasteiger partial charge in [-0.15, -0.1) is 0 Å². The van der Waals surface area contributed by atoms with Gasteiger partial charge in [-0.05, 0) is 23.3 Å². The average molecular weight is 278 g/mol. The fourth-order valence-corrected chi connectivity index (χ4v) is 2.27. The molecule has 2 aromatic carbocycles. The third-order valence-corrected chi connectivity index (χ3v) is 3.25. The van der Waals surface area contributed by atoms with Gasteiger partial charge in [-0.3, -0.25) is 0 Å². The van der Waals surface area contributed by atoms with E-state index < -0.39 is 0 Å². The van der Waals surface area contributed by atoms with Crippen molar-refractivity contribution < 1.29 is 9.47 Å². The number of hydrogen-bond donors (Lipinski definition) is 1. The van der Waals surface area contributed by atoms with Gasteiger partial charge in [-0.2, -0.15) is 0 Å². The van der Waals surface area contributed by atoms with E-state index in [9.17, 15) is 0 Å². The highest BCUT2D eigenvalue weighted by Gasteiger charge is 2.15. The van der Waals surface area contributed by atoms with E-state index in [1.54, 1.807) is 20.3 Å². The summed E-state index contributed by atoms with van der Waals surface area (Å²) in [5.41, 5.74) is 8.15. The quantitative estimate of drug-likeness (QED) is 0.931. The molecule has 1 unspecified atom stereocenters. The Bertz CT molecular complexity index is 558. The molecule has 0 aliphatic carbocycles. The molecule has 0 amide bonds. The van der Waals surface area contributed by atoms with Crippen LogP contribution in [0.4, 0.5) is 0 Å². The SMILES string of the molecule is COc1cc(C(N)c2ccccc2)cc(Cl)c1OC. The maximum atomic E-state index is 6.25. The zero-order chi connectivity index (χ0) is 13.8. The molecule has 2 N–H and O–H groups in total. The number of halogens is 1. The number of nitrogens with two attached hydrogens (primary N) is 1. The molecule has 0 saturated carbocycles. The average Bonchev–Trinajstić information content (AvgIpc) is 2.46. The van der Waals surface area contributed by atoms with Crippen molar-refractivity contribution in [1.82, 2.24) is 0 Å². The lowest BCUT2D eigenvalue weighted by molar-refractivity contribution is 0.354. The molecule has 2 aromatic rings. The molecule has 0 fully saturated rings. The lowest BCUT2D eigenvalue weighted by Gasteiger charge is -2.16. The van der Waals surface area contributed by atoms with E-state index in [1.165, 1.54) is 0 Å². The van der Waals surface area contributed by atoms with Crippen LogP contribution in [0.25, 0.3) is 0 Å². The summed E-state index contributed by atoms with van der Waals surface area (Å²) in [6.45, 7) is 0. The van der Waals surface area contributed by atoms with E-state index in [-0.39, 0.29) is 6.04 Å². The van der Waals surface area contributed by atoms with Crippen molar-refractivity contribution in [3.63, 3.8) is 0 Å². The molecule has 0 aliphatic heterocycles. The molecule has 2 rings (SSSR count). The van der Waals surface area contributed by atoms with Gasteiger partial charge in [0.15, 0.2) is 11.5 Å². The summed E-state index contributed by atoms with van der Waals surface area (Å²) in [4.78, 5) is 0. The summed E-state index contributed by atoms with van der Waals surface area (Å²) in [6.07, 6.45) is 0. The summed E-state index contributed by atoms with van der Waals surface area (Å²) >= 11 is 6.18. The Morgan fingerprint density at radius 3 is 2.26 bits per heavy atom.